The first-order chi connectivity index (χ1) is 46.6. The first-order valence-electron chi connectivity index (χ1n) is 32.1. The summed E-state index contributed by atoms with van der Waals surface area (Å²) in [6, 6.07) is 116. The van der Waals surface area contributed by atoms with E-state index in [1.54, 1.807) is 0 Å². The highest BCUT2D eigenvalue weighted by molar-refractivity contribution is 6.16. The van der Waals surface area contributed by atoms with E-state index in [2.05, 4.69) is 332 Å². The van der Waals surface area contributed by atoms with Gasteiger partial charge in [0.2, 0.25) is 0 Å². The number of benzene rings is 13. The molecule has 6 nitrogen and oxygen atoms in total. The summed E-state index contributed by atoms with van der Waals surface area (Å²) in [5, 5.41) is 9.57. The number of pyridine rings is 2. The minimum absolute atomic E-state index is 1.09. The number of aromatic nitrogens is 6. The van der Waals surface area contributed by atoms with Crippen LogP contribution in [0.3, 0.4) is 0 Å². The molecule has 0 unspecified atom stereocenters. The Morgan fingerprint density at radius 1 is 0.160 bits per heavy atom. The Labute approximate surface area is 542 Å². The molecule has 0 aliphatic carbocycles. The Bertz CT molecular complexity index is 6070. The number of hydrogen-bond donors (Lipinski definition) is 0. The Hall–Kier alpha value is -12.6. The van der Waals surface area contributed by atoms with Crippen LogP contribution in [0.4, 0.5) is 0 Å². The monoisotopic (exact) mass is 1200 g/mol. The molecule has 0 spiro atoms. The molecule has 0 saturated carbocycles. The van der Waals surface area contributed by atoms with Gasteiger partial charge in [-0.15, -0.1) is 0 Å². The Morgan fingerprint density at radius 2 is 0.383 bits per heavy atom. The summed E-state index contributed by atoms with van der Waals surface area (Å²) in [5.41, 5.74) is 27.5. The van der Waals surface area contributed by atoms with Crippen molar-refractivity contribution in [2.45, 2.75) is 0 Å². The standard InChI is InChI=1S/C88H56N6/c1-5-15-57(16-6-1)60-25-37-81-73(47-60)75-50-63(28-40-82(75)92(81)70-32-34-71(35-33-70)93-83-42-30-65(67-21-13-45-89-55-67)52-77(83)78-53-66(31-43-84(78)93)68-22-14-46-90-56-68)64-29-41-87-76(51-64)74-48-61(58-17-7-2-8-18-58)27-39-86(74)94(87)72-36-44-88-80(54-72)79-49-62(59-19-9-3-10-20-59)26-38-85(79)91(88)69-23-11-4-12-24-69/h1-56H. The van der Waals surface area contributed by atoms with Crippen LogP contribution < -0.4 is 0 Å². The zero-order chi connectivity index (χ0) is 61.8. The highest BCUT2D eigenvalue weighted by Crippen LogP contribution is 2.44. The van der Waals surface area contributed by atoms with Crippen LogP contribution in [0.15, 0.2) is 340 Å². The van der Waals surface area contributed by atoms with Crippen LogP contribution in [0.2, 0.25) is 0 Å². The number of rotatable bonds is 10. The van der Waals surface area contributed by atoms with E-state index in [1.165, 1.54) is 87.5 Å². The lowest BCUT2D eigenvalue weighted by Crippen LogP contribution is -1.97. The lowest BCUT2D eigenvalue weighted by Gasteiger charge is -2.12. The third kappa shape index (κ3) is 8.65. The molecule has 0 saturated heterocycles. The molecule has 0 radical (unpaired) electrons. The van der Waals surface area contributed by atoms with Gasteiger partial charge in [0.05, 0.1) is 44.1 Å². The molecule has 0 fully saturated rings. The van der Waals surface area contributed by atoms with Crippen LogP contribution in [0.25, 0.3) is 177 Å². The summed E-state index contributed by atoms with van der Waals surface area (Å²) in [7, 11) is 0. The summed E-state index contributed by atoms with van der Waals surface area (Å²) < 4.78 is 9.73. The Morgan fingerprint density at radius 3 is 0.681 bits per heavy atom. The van der Waals surface area contributed by atoms with Crippen molar-refractivity contribution in [3.63, 3.8) is 0 Å². The SMILES string of the molecule is c1ccc(-c2ccc3c(c2)c2cc(-c4ccc5c(c4)c4cc(-c6ccccc6)ccc4n5-c4ccc5c(c4)c4cc(-c6ccccc6)ccc4n5-c4ccccc4)ccc2n3-c2ccc(-n3c4ccc(-c5cccnc5)cc4c4cc(-c5cccnc5)ccc43)cc2)cc1. The lowest BCUT2D eigenvalue weighted by molar-refractivity contribution is 1.14. The molecule has 0 atom stereocenters. The van der Waals surface area contributed by atoms with Crippen molar-refractivity contribution in [2.75, 3.05) is 0 Å². The highest BCUT2D eigenvalue weighted by atomic mass is 15.0. The molecule has 0 N–H and O–H groups in total. The lowest BCUT2D eigenvalue weighted by atomic mass is 9.98. The van der Waals surface area contributed by atoms with Crippen molar-refractivity contribution in [1.82, 2.24) is 28.2 Å². The Kier molecular flexibility index (Phi) is 12.2. The minimum Gasteiger partial charge on any atom is -0.309 e. The number of para-hydroxylation sites is 1. The molecule has 19 rings (SSSR count). The number of fused-ring (bicyclic) bond motifs is 12. The van der Waals surface area contributed by atoms with Crippen LogP contribution >= 0.6 is 0 Å². The maximum atomic E-state index is 4.46. The molecular formula is C88H56N6. The molecular weight excluding hydrogens is 1140 g/mol. The topological polar surface area (TPSA) is 45.5 Å². The van der Waals surface area contributed by atoms with Crippen LogP contribution in [0.1, 0.15) is 0 Å². The summed E-state index contributed by atoms with van der Waals surface area (Å²) in [6.45, 7) is 0. The predicted octanol–water partition coefficient (Wildman–Crippen LogP) is 22.9. The summed E-state index contributed by atoms with van der Waals surface area (Å²) in [4.78, 5) is 8.93. The summed E-state index contributed by atoms with van der Waals surface area (Å²) in [6.07, 6.45) is 7.53. The molecule has 94 heavy (non-hydrogen) atoms. The first kappa shape index (κ1) is 53.2. The van der Waals surface area contributed by atoms with Gasteiger partial charge in [-0.1, -0.05) is 164 Å². The molecule has 6 aromatic heterocycles. The fraction of sp³-hybridized carbons (Fsp3) is 0. The fourth-order valence-corrected chi connectivity index (χ4v) is 14.9. The van der Waals surface area contributed by atoms with Gasteiger partial charge in [0, 0.05) is 102 Å². The maximum absolute atomic E-state index is 4.46. The van der Waals surface area contributed by atoms with E-state index in [0.717, 1.165) is 89.2 Å². The van der Waals surface area contributed by atoms with Crippen molar-refractivity contribution < 1.29 is 0 Å². The van der Waals surface area contributed by atoms with Crippen molar-refractivity contribution >= 4 is 87.2 Å². The summed E-state index contributed by atoms with van der Waals surface area (Å²) in [5.74, 6) is 0. The average Bonchev–Trinajstić information content (AvgIpc) is 1.60. The molecule has 0 aliphatic heterocycles. The van der Waals surface area contributed by atoms with E-state index in [1.807, 2.05) is 36.9 Å². The quantitative estimate of drug-likeness (QED) is 0.137. The number of nitrogens with zero attached hydrogens (tertiary/aromatic N) is 6. The second kappa shape index (κ2) is 21.5. The van der Waals surface area contributed by atoms with Crippen molar-refractivity contribution in [3.8, 4) is 89.5 Å². The van der Waals surface area contributed by atoms with Crippen molar-refractivity contribution in [3.05, 3.63) is 340 Å². The van der Waals surface area contributed by atoms with E-state index in [4.69, 9.17) is 0 Å². The van der Waals surface area contributed by atoms with Gasteiger partial charge >= 0.3 is 0 Å². The molecule has 0 amide bonds. The first-order valence-corrected chi connectivity index (χ1v) is 32.1. The Balaban J connectivity index is 0.765. The third-order valence-electron chi connectivity index (χ3n) is 19.3. The molecule has 6 heteroatoms. The van der Waals surface area contributed by atoms with E-state index in [-0.39, 0.29) is 0 Å². The van der Waals surface area contributed by atoms with E-state index in [9.17, 15) is 0 Å². The molecule has 19 aromatic rings. The van der Waals surface area contributed by atoms with E-state index >= 15 is 0 Å². The largest absolute Gasteiger partial charge is 0.309 e. The fourth-order valence-electron chi connectivity index (χ4n) is 14.9. The summed E-state index contributed by atoms with van der Waals surface area (Å²) >= 11 is 0. The van der Waals surface area contributed by atoms with Gasteiger partial charge in [-0.25, -0.2) is 0 Å². The normalized spacial score (nSPS) is 11.8. The molecule has 0 bridgehead atoms. The molecule has 13 aromatic carbocycles. The van der Waals surface area contributed by atoms with Crippen LogP contribution in [-0.4, -0.2) is 28.2 Å². The maximum Gasteiger partial charge on any atom is 0.0542 e. The van der Waals surface area contributed by atoms with Crippen LogP contribution in [0, 0.1) is 0 Å². The van der Waals surface area contributed by atoms with Crippen LogP contribution in [0.5, 0.6) is 0 Å². The predicted molar refractivity (Wildman–Crippen MR) is 392 cm³/mol. The van der Waals surface area contributed by atoms with Gasteiger partial charge < -0.3 is 18.3 Å². The average molecular weight is 1200 g/mol. The van der Waals surface area contributed by atoms with Crippen LogP contribution in [-0.2, 0) is 0 Å². The zero-order valence-corrected chi connectivity index (χ0v) is 51.0. The number of hydrogen-bond acceptors (Lipinski definition) is 2. The van der Waals surface area contributed by atoms with Gasteiger partial charge in [-0.3, -0.25) is 9.97 Å². The minimum atomic E-state index is 1.09. The van der Waals surface area contributed by atoms with E-state index < -0.39 is 0 Å². The smallest absolute Gasteiger partial charge is 0.0542 e. The molecule has 0 aliphatic rings. The molecule has 438 valence electrons. The van der Waals surface area contributed by atoms with Gasteiger partial charge in [0.25, 0.3) is 0 Å². The molecule has 6 heterocycles. The third-order valence-corrected chi connectivity index (χ3v) is 19.3. The zero-order valence-electron chi connectivity index (χ0n) is 51.0. The van der Waals surface area contributed by atoms with Crippen molar-refractivity contribution in [2.24, 2.45) is 0 Å². The van der Waals surface area contributed by atoms with Gasteiger partial charge in [-0.2, -0.15) is 0 Å². The second-order valence-corrected chi connectivity index (χ2v) is 24.6. The van der Waals surface area contributed by atoms with Crippen molar-refractivity contribution in [1.29, 1.82) is 0 Å². The van der Waals surface area contributed by atoms with Gasteiger partial charge in [0.15, 0.2) is 0 Å². The van der Waals surface area contributed by atoms with Gasteiger partial charge in [-0.05, 0) is 207 Å². The second-order valence-electron chi connectivity index (χ2n) is 24.6. The van der Waals surface area contributed by atoms with E-state index in [0.29, 0.717) is 0 Å². The van der Waals surface area contributed by atoms with Gasteiger partial charge in [0.1, 0.15) is 0 Å². The highest BCUT2D eigenvalue weighted by Gasteiger charge is 2.22.